The highest BCUT2D eigenvalue weighted by atomic mass is 16.5. The van der Waals surface area contributed by atoms with Gasteiger partial charge in [-0.25, -0.2) is 4.79 Å². The Labute approximate surface area is 99.7 Å². The molecular formula is C12H15NO4. The van der Waals surface area contributed by atoms with Crippen molar-refractivity contribution in [2.24, 2.45) is 0 Å². The largest absolute Gasteiger partial charge is 0.465 e. The maximum atomic E-state index is 11.5. The number of carbonyl (C=O) groups excluding carboxylic acids is 2. The minimum atomic E-state index is -0.485. The van der Waals surface area contributed by atoms with Gasteiger partial charge >= 0.3 is 5.97 Å². The van der Waals surface area contributed by atoms with E-state index in [1.165, 1.54) is 14.2 Å². The fourth-order valence-corrected chi connectivity index (χ4v) is 1.36. The van der Waals surface area contributed by atoms with Gasteiger partial charge in [-0.05, 0) is 19.1 Å². The van der Waals surface area contributed by atoms with Gasteiger partial charge in [0.05, 0.1) is 18.4 Å². The minimum absolute atomic E-state index is 0.0610. The molecule has 0 aromatic heterocycles. The van der Waals surface area contributed by atoms with Crippen molar-refractivity contribution in [2.45, 2.75) is 6.92 Å². The highest BCUT2D eigenvalue weighted by Crippen LogP contribution is 2.18. The molecule has 5 nitrogen and oxygen atoms in total. The number of rotatable bonds is 4. The zero-order valence-electron chi connectivity index (χ0n) is 10.1. The summed E-state index contributed by atoms with van der Waals surface area (Å²) in [6.45, 7) is 1.79. The molecule has 0 atom stereocenters. The molecule has 0 radical (unpaired) electrons. The third kappa shape index (κ3) is 3.57. The number of nitrogens with one attached hydrogen (secondary N) is 1. The lowest BCUT2D eigenvalue weighted by atomic mass is 10.1. The zero-order valence-corrected chi connectivity index (χ0v) is 10.1. The molecule has 0 unspecified atom stereocenters. The average Bonchev–Trinajstić information content (AvgIpc) is 2.30. The minimum Gasteiger partial charge on any atom is -0.465 e. The zero-order chi connectivity index (χ0) is 12.8. The molecule has 0 aliphatic rings. The number of anilines is 1. The monoisotopic (exact) mass is 237 g/mol. The van der Waals surface area contributed by atoms with Crippen LogP contribution in [0.25, 0.3) is 0 Å². The fourth-order valence-electron chi connectivity index (χ4n) is 1.36. The van der Waals surface area contributed by atoms with Crippen molar-refractivity contribution in [3.05, 3.63) is 29.3 Å². The number of hydrogen-bond donors (Lipinski definition) is 1. The van der Waals surface area contributed by atoms with Gasteiger partial charge < -0.3 is 14.8 Å². The van der Waals surface area contributed by atoms with Crippen LogP contribution in [0.2, 0.25) is 0 Å². The maximum absolute atomic E-state index is 11.5. The Balaban J connectivity index is 2.98. The number of esters is 1. The Kier molecular flexibility index (Phi) is 4.66. The van der Waals surface area contributed by atoms with Gasteiger partial charge in [0.1, 0.15) is 6.61 Å². The predicted octanol–water partition coefficient (Wildman–Crippen LogP) is 1.37. The van der Waals surface area contributed by atoms with E-state index in [0.717, 1.165) is 5.56 Å². The summed E-state index contributed by atoms with van der Waals surface area (Å²) in [5.74, 6) is -0.803. The van der Waals surface area contributed by atoms with Crippen LogP contribution in [0.4, 0.5) is 5.69 Å². The summed E-state index contributed by atoms with van der Waals surface area (Å²) in [4.78, 5) is 22.9. The molecule has 5 heteroatoms. The highest BCUT2D eigenvalue weighted by Gasteiger charge is 2.13. The summed E-state index contributed by atoms with van der Waals surface area (Å²) in [5, 5.41) is 2.59. The van der Waals surface area contributed by atoms with Gasteiger partial charge in [-0.3, -0.25) is 4.79 Å². The van der Waals surface area contributed by atoms with Gasteiger partial charge in [0.25, 0.3) is 0 Å². The molecular weight excluding hydrogens is 222 g/mol. The standard InChI is InChI=1S/C12H15NO4/c1-8-4-5-10(13-11(14)7-16-2)9(6-8)12(15)17-3/h4-6H,7H2,1-3H3,(H,13,14). The quantitative estimate of drug-likeness (QED) is 0.803. The fraction of sp³-hybridized carbons (Fsp3) is 0.333. The van der Waals surface area contributed by atoms with Crippen LogP contribution in [0, 0.1) is 6.92 Å². The molecule has 0 bridgehead atoms. The smallest absolute Gasteiger partial charge is 0.339 e. The Morgan fingerprint density at radius 1 is 1.29 bits per heavy atom. The van der Waals surface area contributed by atoms with Crippen LogP contribution < -0.4 is 5.32 Å². The van der Waals surface area contributed by atoms with Crippen molar-refractivity contribution in [3.8, 4) is 0 Å². The van der Waals surface area contributed by atoms with Crippen molar-refractivity contribution in [3.63, 3.8) is 0 Å². The molecule has 1 aromatic carbocycles. The molecule has 1 rings (SSSR count). The number of hydrogen-bond acceptors (Lipinski definition) is 4. The number of ether oxygens (including phenoxy) is 2. The van der Waals surface area contributed by atoms with Crippen LogP contribution in [-0.4, -0.2) is 32.7 Å². The van der Waals surface area contributed by atoms with E-state index in [2.05, 4.69) is 10.1 Å². The Morgan fingerprint density at radius 3 is 2.59 bits per heavy atom. The van der Waals surface area contributed by atoms with Gasteiger partial charge in [0.2, 0.25) is 5.91 Å². The van der Waals surface area contributed by atoms with Crippen molar-refractivity contribution in [1.82, 2.24) is 0 Å². The summed E-state index contributed by atoms with van der Waals surface area (Å²) >= 11 is 0. The predicted molar refractivity (Wildman–Crippen MR) is 63.0 cm³/mol. The maximum Gasteiger partial charge on any atom is 0.339 e. The number of aryl methyl sites for hydroxylation is 1. The van der Waals surface area contributed by atoms with Gasteiger partial charge in [0, 0.05) is 7.11 Å². The molecule has 0 heterocycles. The van der Waals surface area contributed by atoms with E-state index in [-0.39, 0.29) is 12.5 Å². The van der Waals surface area contributed by atoms with E-state index < -0.39 is 5.97 Å². The molecule has 0 spiro atoms. The van der Waals surface area contributed by atoms with Gasteiger partial charge in [0.15, 0.2) is 0 Å². The molecule has 1 N–H and O–H groups in total. The lowest BCUT2D eigenvalue weighted by molar-refractivity contribution is -0.119. The second-order valence-electron chi connectivity index (χ2n) is 3.52. The van der Waals surface area contributed by atoms with Crippen molar-refractivity contribution in [2.75, 3.05) is 26.1 Å². The summed E-state index contributed by atoms with van der Waals surface area (Å²) in [6, 6.07) is 5.12. The lowest BCUT2D eigenvalue weighted by Crippen LogP contribution is -2.19. The van der Waals surface area contributed by atoms with Crippen LogP contribution in [0.3, 0.4) is 0 Å². The molecule has 0 saturated carbocycles. The third-order valence-electron chi connectivity index (χ3n) is 2.13. The van der Waals surface area contributed by atoms with Crippen LogP contribution >= 0.6 is 0 Å². The molecule has 0 saturated heterocycles. The third-order valence-corrected chi connectivity index (χ3v) is 2.13. The molecule has 0 aliphatic carbocycles. The molecule has 0 aliphatic heterocycles. The van der Waals surface area contributed by atoms with Crippen molar-refractivity contribution >= 4 is 17.6 Å². The SMILES string of the molecule is COCC(=O)Nc1ccc(C)cc1C(=O)OC. The molecule has 92 valence electrons. The Morgan fingerprint density at radius 2 is 2.00 bits per heavy atom. The summed E-state index contributed by atoms with van der Waals surface area (Å²) in [6.07, 6.45) is 0. The second-order valence-corrected chi connectivity index (χ2v) is 3.52. The average molecular weight is 237 g/mol. The van der Waals surface area contributed by atoms with Gasteiger partial charge in [-0.1, -0.05) is 11.6 Å². The van der Waals surface area contributed by atoms with Crippen LogP contribution in [-0.2, 0) is 14.3 Å². The number of amides is 1. The van der Waals surface area contributed by atoms with Crippen LogP contribution in [0.1, 0.15) is 15.9 Å². The first-order valence-electron chi connectivity index (χ1n) is 5.06. The first-order valence-corrected chi connectivity index (χ1v) is 5.06. The van der Waals surface area contributed by atoms with Crippen molar-refractivity contribution < 1.29 is 19.1 Å². The molecule has 1 amide bonds. The number of methoxy groups -OCH3 is 2. The van der Waals surface area contributed by atoms with Gasteiger partial charge in [-0.15, -0.1) is 0 Å². The summed E-state index contributed by atoms with van der Waals surface area (Å²) in [5.41, 5.74) is 1.66. The molecule has 17 heavy (non-hydrogen) atoms. The van der Waals surface area contributed by atoms with E-state index in [1.54, 1.807) is 18.2 Å². The first-order chi connectivity index (χ1) is 8.08. The number of benzene rings is 1. The topological polar surface area (TPSA) is 64.6 Å². The van der Waals surface area contributed by atoms with E-state index in [0.29, 0.717) is 11.3 Å². The molecule has 0 fully saturated rings. The van der Waals surface area contributed by atoms with Crippen LogP contribution in [0.15, 0.2) is 18.2 Å². The number of carbonyl (C=O) groups is 2. The van der Waals surface area contributed by atoms with E-state index in [1.807, 2.05) is 6.92 Å². The summed E-state index contributed by atoms with van der Waals surface area (Å²) in [7, 11) is 2.72. The first kappa shape index (κ1) is 13.2. The highest BCUT2D eigenvalue weighted by molar-refractivity contribution is 6.01. The van der Waals surface area contributed by atoms with Crippen molar-refractivity contribution in [1.29, 1.82) is 0 Å². The van der Waals surface area contributed by atoms with Crippen LogP contribution in [0.5, 0.6) is 0 Å². The van der Waals surface area contributed by atoms with E-state index in [9.17, 15) is 9.59 Å². The lowest BCUT2D eigenvalue weighted by Gasteiger charge is -2.10. The Bertz CT molecular complexity index is 429. The second kappa shape index (κ2) is 6.00. The van der Waals surface area contributed by atoms with E-state index in [4.69, 9.17) is 4.74 Å². The summed E-state index contributed by atoms with van der Waals surface area (Å²) < 4.78 is 9.35. The molecule has 1 aromatic rings. The normalized spacial score (nSPS) is 9.82. The Hall–Kier alpha value is -1.88. The van der Waals surface area contributed by atoms with Gasteiger partial charge in [-0.2, -0.15) is 0 Å². The van der Waals surface area contributed by atoms with E-state index >= 15 is 0 Å².